The molecule has 0 saturated heterocycles. The Morgan fingerprint density at radius 1 is 1.24 bits per heavy atom. The van der Waals surface area contributed by atoms with Gasteiger partial charge < -0.3 is 10.1 Å². The minimum Gasteiger partial charge on any atom is -0.369 e. The fraction of sp³-hybridized carbons (Fsp3) is 1.00. The van der Waals surface area contributed by atoms with Crippen LogP contribution in [-0.4, -0.2) is 31.5 Å². The maximum atomic E-state index is 12.1. The smallest absolute Gasteiger partial charge is 0.369 e. The highest BCUT2D eigenvalue weighted by molar-refractivity contribution is 4.71. The molecule has 1 aliphatic rings. The summed E-state index contributed by atoms with van der Waals surface area (Å²) in [6, 6.07) is 0.559. The van der Waals surface area contributed by atoms with Crippen molar-refractivity contribution >= 4 is 0 Å². The lowest BCUT2D eigenvalue weighted by atomic mass is 9.95. The van der Waals surface area contributed by atoms with Gasteiger partial charge in [0.2, 0.25) is 0 Å². The molecule has 0 heterocycles. The molecule has 0 aromatic heterocycles. The van der Waals surface area contributed by atoms with Crippen molar-refractivity contribution in [3.8, 4) is 0 Å². The van der Waals surface area contributed by atoms with Gasteiger partial charge in [-0.2, -0.15) is 13.2 Å². The van der Waals surface area contributed by atoms with Gasteiger partial charge in [0.05, 0.1) is 0 Å². The number of rotatable bonds is 6. The van der Waals surface area contributed by atoms with Crippen molar-refractivity contribution in [2.45, 2.75) is 63.8 Å². The predicted octanol–water partition coefficient (Wildman–Crippen LogP) is 3.27. The van der Waals surface area contributed by atoms with Gasteiger partial charge in [-0.15, -0.1) is 0 Å². The van der Waals surface area contributed by atoms with Crippen LogP contribution in [0.3, 0.4) is 0 Å². The minimum absolute atomic E-state index is 0.167. The lowest BCUT2D eigenvalue weighted by molar-refractivity contribution is -0.214. The van der Waals surface area contributed by atoms with E-state index >= 15 is 0 Å². The highest BCUT2D eigenvalue weighted by atomic mass is 19.4. The van der Waals surface area contributed by atoms with Crippen LogP contribution in [0.4, 0.5) is 13.2 Å². The van der Waals surface area contributed by atoms with E-state index in [1.807, 2.05) is 0 Å². The zero-order valence-electron chi connectivity index (χ0n) is 10.4. The topological polar surface area (TPSA) is 21.3 Å². The molecule has 1 atom stereocenters. The van der Waals surface area contributed by atoms with E-state index in [9.17, 15) is 13.2 Å². The Kier molecular flexibility index (Phi) is 6.27. The van der Waals surface area contributed by atoms with E-state index < -0.39 is 12.3 Å². The van der Waals surface area contributed by atoms with Crippen molar-refractivity contribution in [1.29, 1.82) is 0 Å². The third kappa shape index (κ3) is 6.27. The van der Waals surface area contributed by atoms with Crippen LogP contribution >= 0.6 is 0 Å². The Morgan fingerprint density at radius 3 is 2.47 bits per heavy atom. The van der Waals surface area contributed by atoms with Gasteiger partial charge in [-0.1, -0.05) is 19.3 Å². The van der Waals surface area contributed by atoms with Crippen molar-refractivity contribution in [1.82, 2.24) is 5.32 Å². The predicted molar refractivity (Wildman–Crippen MR) is 61.0 cm³/mol. The lowest BCUT2D eigenvalue weighted by Gasteiger charge is -2.23. The summed E-state index contributed by atoms with van der Waals surface area (Å²) in [5.41, 5.74) is 0. The van der Waals surface area contributed by atoms with Crippen LogP contribution in [0.2, 0.25) is 0 Å². The molecule has 0 aromatic rings. The largest absolute Gasteiger partial charge is 0.414 e. The maximum absolute atomic E-state index is 12.1. The average molecular weight is 253 g/mol. The molecule has 102 valence electrons. The first kappa shape index (κ1) is 14.8. The van der Waals surface area contributed by atoms with Gasteiger partial charge in [0.15, 0.2) is 6.10 Å². The molecule has 17 heavy (non-hydrogen) atoms. The van der Waals surface area contributed by atoms with Crippen LogP contribution < -0.4 is 5.32 Å². The number of nitrogens with one attached hydrogen (secondary N) is 1. The van der Waals surface area contributed by atoms with Crippen molar-refractivity contribution in [2.75, 3.05) is 13.2 Å². The normalized spacial score (nSPS) is 20.5. The highest BCUT2D eigenvalue weighted by Crippen LogP contribution is 2.22. The summed E-state index contributed by atoms with van der Waals surface area (Å²) in [4.78, 5) is 0. The minimum atomic E-state index is -4.24. The molecule has 1 rings (SSSR count). The van der Waals surface area contributed by atoms with Crippen LogP contribution in [0.1, 0.15) is 45.4 Å². The van der Waals surface area contributed by atoms with Crippen molar-refractivity contribution in [3.63, 3.8) is 0 Å². The van der Waals surface area contributed by atoms with Crippen LogP contribution in [0.5, 0.6) is 0 Å². The molecule has 0 bridgehead atoms. The summed E-state index contributed by atoms with van der Waals surface area (Å²) in [5, 5.41) is 3.37. The third-order valence-corrected chi connectivity index (χ3v) is 3.19. The summed E-state index contributed by atoms with van der Waals surface area (Å²) in [7, 11) is 0. The van der Waals surface area contributed by atoms with Crippen molar-refractivity contribution < 1.29 is 17.9 Å². The molecule has 0 aromatic carbocycles. The molecule has 2 nitrogen and oxygen atoms in total. The summed E-state index contributed by atoms with van der Waals surface area (Å²) in [6.07, 6.45) is 0.966. The number of halogens is 3. The molecular formula is C12H22F3NO. The SMILES string of the molecule is CC(OCCCNC1CCCCC1)C(F)(F)F. The molecule has 1 aliphatic carbocycles. The molecule has 1 N–H and O–H groups in total. The Balaban J connectivity index is 1.97. The maximum Gasteiger partial charge on any atom is 0.414 e. The van der Waals surface area contributed by atoms with Gasteiger partial charge >= 0.3 is 6.18 Å². The van der Waals surface area contributed by atoms with Crippen molar-refractivity contribution in [3.05, 3.63) is 0 Å². The zero-order valence-corrected chi connectivity index (χ0v) is 10.4. The molecule has 0 radical (unpaired) electrons. The summed E-state index contributed by atoms with van der Waals surface area (Å²) >= 11 is 0. The van der Waals surface area contributed by atoms with E-state index in [-0.39, 0.29) is 6.61 Å². The first-order valence-electron chi connectivity index (χ1n) is 6.42. The Morgan fingerprint density at radius 2 is 1.88 bits per heavy atom. The Labute approximate surface area is 101 Å². The van der Waals surface area contributed by atoms with E-state index in [0.29, 0.717) is 12.5 Å². The molecule has 1 fully saturated rings. The fourth-order valence-electron chi connectivity index (χ4n) is 2.04. The Bertz CT molecular complexity index is 202. The van der Waals surface area contributed by atoms with Crippen molar-refractivity contribution in [2.24, 2.45) is 0 Å². The fourth-order valence-corrected chi connectivity index (χ4v) is 2.04. The first-order chi connectivity index (χ1) is 8.00. The summed E-state index contributed by atoms with van der Waals surface area (Å²) in [6.45, 7) is 1.96. The van der Waals surface area contributed by atoms with Gasteiger partial charge in [-0.3, -0.25) is 0 Å². The van der Waals surface area contributed by atoms with Gasteiger partial charge in [0.1, 0.15) is 0 Å². The molecule has 0 spiro atoms. The van der Waals surface area contributed by atoms with E-state index in [1.54, 1.807) is 0 Å². The second-order valence-electron chi connectivity index (χ2n) is 4.70. The third-order valence-electron chi connectivity index (χ3n) is 3.19. The molecule has 0 aliphatic heterocycles. The molecule has 1 saturated carbocycles. The van der Waals surface area contributed by atoms with Gasteiger partial charge in [-0.25, -0.2) is 0 Å². The second kappa shape index (κ2) is 7.21. The molecule has 5 heteroatoms. The Hall–Kier alpha value is -0.290. The van der Waals surface area contributed by atoms with E-state index in [0.717, 1.165) is 13.5 Å². The summed E-state index contributed by atoms with van der Waals surface area (Å²) in [5.74, 6) is 0. The van der Waals surface area contributed by atoms with Crippen LogP contribution in [0, 0.1) is 0 Å². The molecule has 1 unspecified atom stereocenters. The van der Waals surface area contributed by atoms with Gasteiger partial charge in [0.25, 0.3) is 0 Å². The number of alkyl halides is 3. The zero-order chi connectivity index (χ0) is 12.7. The van der Waals surface area contributed by atoms with Gasteiger partial charge in [0, 0.05) is 12.6 Å². The number of hydrogen-bond donors (Lipinski definition) is 1. The van der Waals surface area contributed by atoms with Crippen LogP contribution in [-0.2, 0) is 4.74 Å². The second-order valence-corrected chi connectivity index (χ2v) is 4.70. The number of hydrogen-bond acceptors (Lipinski definition) is 2. The molecule has 0 amide bonds. The standard InChI is InChI=1S/C12H22F3NO/c1-10(12(13,14)15)17-9-5-8-16-11-6-3-2-4-7-11/h10-11,16H,2-9H2,1H3. The van der Waals surface area contributed by atoms with Gasteiger partial charge in [-0.05, 0) is 32.7 Å². The van der Waals surface area contributed by atoms with Crippen LogP contribution in [0.15, 0.2) is 0 Å². The van der Waals surface area contributed by atoms with E-state index in [4.69, 9.17) is 4.74 Å². The quantitative estimate of drug-likeness (QED) is 0.734. The average Bonchev–Trinajstić information content (AvgIpc) is 2.28. The van der Waals surface area contributed by atoms with E-state index in [2.05, 4.69) is 5.32 Å². The van der Waals surface area contributed by atoms with E-state index in [1.165, 1.54) is 32.1 Å². The first-order valence-corrected chi connectivity index (χ1v) is 6.42. The highest BCUT2D eigenvalue weighted by Gasteiger charge is 2.36. The number of ether oxygens (including phenoxy) is 1. The van der Waals surface area contributed by atoms with Crippen LogP contribution in [0.25, 0.3) is 0 Å². The lowest BCUT2D eigenvalue weighted by Crippen LogP contribution is -2.33. The monoisotopic (exact) mass is 253 g/mol. The molecular weight excluding hydrogens is 231 g/mol. The summed E-state index contributed by atoms with van der Waals surface area (Å²) < 4.78 is 41.1.